The molecule has 0 spiro atoms. The van der Waals surface area contributed by atoms with Gasteiger partial charge in [0.25, 0.3) is 0 Å². The van der Waals surface area contributed by atoms with Crippen LogP contribution in [0.25, 0.3) is 50.9 Å². The van der Waals surface area contributed by atoms with Crippen molar-refractivity contribution in [2.75, 3.05) is 5.73 Å². The molecule has 34 heavy (non-hydrogen) atoms. The largest absolute Gasteiger partial charge is 0.456 e. The molecule has 0 unspecified atom stereocenters. The van der Waals surface area contributed by atoms with E-state index < -0.39 is 0 Å². The Balaban J connectivity index is 1.72. The van der Waals surface area contributed by atoms with Gasteiger partial charge < -0.3 is 14.7 Å². The summed E-state index contributed by atoms with van der Waals surface area (Å²) in [4.78, 5) is 0. The lowest BCUT2D eigenvalue weighted by molar-refractivity contribution is 0.669. The predicted octanol–water partition coefficient (Wildman–Crippen LogP) is 8.32. The van der Waals surface area contributed by atoms with E-state index in [0.717, 1.165) is 63.7 Å². The molecule has 0 aliphatic heterocycles. The summed E-state index contributed by atoms with van der Waals surface area (Å²) in [5.74, 6) is 0. The molecular formula is C31H28N2O. The fourth-order valence-electron chi connectivity index (χ4n) is 5.39. The molecule has 6 rings (SSSR count). The van der Waals surface area contributed by atoms with E-state index in [0.29, 0.717) is 0 Å². The smallest absolute Gasteiger partial charge is 0.136 e. The Morgan fingerprint density at radius 2 is 1.76 bits per heavy atom. The number of anilines is 1. The molecule has 0 bridgehead atoms. The molecule has 2 heterocycles. The van der Waals surface area contributed by atoms with Gasteiger partial charge in [-0.1, -0.05) is 61.5 Å². The van der Waals surface area contributed by atoms with Crippen molar-refractivity contribution in [2.24, 2.45) is 0 Å². The first-order valence-electron chi connectivity index (χ1n) is 12.1. The third kappa shape index (κ3) is 3.04. The van der Waals surface area contributed by atoms with Crippen molar-refractivity contribution in [1.82, 2.24) is 4.57 Å². The van der Waals surface area contributed by atoms with Gasteiger partial charge in [0.05, 0.1) is 11.4 Å². The molecule has 3 heteroatoms. The maximum absolute atomic E-state index is 6.77. The van der Waals surface area contributed by atoms with E-state index in [1.54, 1.807) is 0 Å². The van der Waals surface area contributed by atoms with Gasteiger partial charge in [-0.2, -0.15) is 0 Å². The summed E-state index contributed by atoms with van der Waals surface area (Å²) in [7, 11) is 0. The first-order valence-corrected chi connectivity index (χ1v) is 12.1. The van der Waals surface area contributed by atoms with E-state index in [1.807, 2.05) is 24.3 Å². The Labute approximate surface area is 199 Å². The first-order chi connectivity index (χ1) is 16.7. The van der Waals surface area contributed by atoms with Gasteiger partial charge in [0.15, 0.2) is 0 Å². The highest BCUT2D eigenvalue weighted by molar-refractivity contribution is 6.13. The van der Waals surface area contributed by atoms with E-state index in [-0.39, 0.29) is 0 Å². The Morgan fingerprint density at radius 1 is 0.971 bits per heavy atom. The SMILES string of the molecule is CC/C=C\c1c(C)c2c(n1-c1c(N)cccc1-c1cccc3oc4ccccc4c13)C=CCC2. The molecule has 1 aliphatic carbocycles. The summed E-state index contributed by atoms with van der Waals surface area (Å²) in [6.07, 6.45) is 12.1. The number of para-hydroxylation sites is 2. The summed E-state index contributed by atoms with van der Waals surface area (Å²) in [5, 5.41) is 2.25. The maximum Gasteiger partial charge on any atom is 0.136 e. The van der Waals surface area contributed by atoms with Crippen molar-refractivity contribution in [1.29, 1.82) is 0 Å². The van der Waals surface area contributed by atoms with Gasteiger partial charge in [-0.05, 0) is 73.2 Å². The van der Waals surface area contributed by atoms with Crippen LogP contribution in [-0.4, -0.2) is 4.57 Å². The summed E-state index contributed by atoms with van der Waals surface area (Å²) in [5.41, 5.74) is 17.8. The lowest BCUT2D eigenvalue weighted by Gasteiger charge is -2.19. The highest BCUT2D eigenvalue weighted by Crippen LogP contribution is 2.43. The number of nitrogens with two attached hydrogens (primary N) is 1. The van der Waals surface area contributed by atoms with Crippen LogP contribution < -0.4 is 5.73 Å². The molecular weight excluding hydrogens is 416 g/mol. The van der Waals surface area contributed by atoms with Crippen LogP contribution in [0.2, 0.25) is 0 Å². The number of aromatic nitrogens is 1. The Kier molecular flexibility index (Phi) is 4.91. The van der Waals surface area contributed by atoms with Crippen LogP contribution in [0.5, 0.6) is 0 Å². The van der Waals surface area contributed by atoms with E-state index in [4.69, 9.17) is 10.2 Å². The zero-order valence-corrected chi connectivity index (χ0v) is 19.6. The van der Waals surface area contributed by atoms with Crippen LogP contribution in [0.3, 0.4) is 0 Å². The van der Waals surface area contributed by atoms with Gasteiger partial charge >= 0.3 is 0 Å². The number of rotatable bonds is 4. The Morgan fingerprint density at radius 3 is 2.65 bits per heavy atom. The van der Waals surface area contributed by atoms with Crippen molar-refractivity contribution in [3.05, 3.63) is 95.3 Å². The molecule has 2 aromatic heterocycles. The van der Waals surface area contributed by atoms with Gasteiger partial charge in [0.1, 0.15) is 11.2 Å². The summed E-state index contributed by atoms with van der Waals surface area (Å²) in [6.45, 7) is 4.42. The molecule has 0 saturated carbocycles. The first kappa shape index (κ1) is 20.6. The number of benzene rings is 3. The highest BCUT2D eigenvalue weighted by Gasteiger charge is 2.24. The normalized spacial score (nSPS) is 13.4. The monoisotopic (exact) mass is 444 g/mol. The number of furan rings is 1. The fourth-order valence-corrected chi connectivity index (χ4v) is 5.39. The third-order valence-corrected chi connectivity index (χ3v) is 6.96. The topological polar surface area (TPSA) is 44.1 Å². The number of hydrogen-bond donors (Lipinski definition) is 1. The Hall–Kier alpha value is -3.98. The molecule has 168 valence electrons. The van der Waals surface area contributed by atoms with Gasteiger partial charge in [0, 0.05) is 27.7 Å². The van der Waals surface area contributed by atoms with Crippen LogP contribution >= 0.6 is 0 Å². The molecule has 0 saturated heterocycles. The minimum Gasteiger partial charge on any atom is -0.456 e. The van der Waals surface area contributed by atoms with E-state index >= 15 is 0 Å². The molecule has 0 amide bonds. The van der Waals surface area contributed by atoms with Crippen molar-refractivity contribution in [2.45, 2.75) is 33.1 Å². The molecule has 0 radical (unpaired) electrons. The summed E-state index contributed by atoms with van der Waals surface area (Å²) >= 11 is 0. The minimum atomic E-state index is 0.769. The zero-order valence-electron chi connectivity index (χ0n) is 19.6. The molecule has 5 aromatic rings. The number of nitrogen functional groups attached to an aromatic ring is 1. The average molecular weight is 445 g/mol. The highest BCUT2D eigenvalue weighted by atomic mass is 16.3. The van der Waals surface area contributed by atoms with Gasteiger partial charge in [-0.3, -0.25) is 0 Å². The quantitative estimate of drug-likeness (QED) is 0.283. The predicted molar refractivity (Wildman–Crippen MR) is 144 cm³/mol. The van der Waals surface area contributed by atoms with Gasteiger partial charge in [0.2, 0.25) is 0 Å². The lowest BCUT2D eigenvalue weighted by Crippen LogP contribution is -2.07. The van der Waals surface area contributed by atoms with Crippen LogP contribution in [0.1, 0.15) is 42.3 Å². The molecule has 1 aliphatic rings. The van der Waals surface area contributed by atoms with Crippen LogP contribution in [0.15, 0.2) is 77.2 Å². The molecule has 2 N–H and O–H groups in total. The van der Waals surface area contributed by atoms with Gasteiger partial charge in [-0.25, -0.2) is 0 Å². The van der Waals surface area contributed by atoms with Gasteiger partial charge in [-0.15, -0.1) is 0 Å². The second-order valence-electron chi connectivity index (χ2n) is 8.98. The van der Waals surface area contributed by atoms with Crippen molar-refractivity contribution in [3.63, 3.8) is 0 Å². The molecule has 3 aromatic carbocycles. The lowest BCUT2D eigenvalue weighted by atomic mass is 9.96. The molecule has 0 atom stereocenters. The standard InChI is InChI=1S/C31H28N2O/c1-3-4-16-26-20(2)21-11-5-7-17-27(21)33(26)31-23(14-9-15-25(31)32)22-13-10-19-29-30(22)24-12-6-8-18-28(24)34-29/h4,6-10,12-19H,3,5,11,32H2,1-2H3/b16-4-. The number of hydrogen-bond acceptors (Lipinski definition) is 2. The molecule has 0 fully saturated rings. The van der Waals surface area contributed by atoms with Crippen molar-refractivity contribution >= 4 is 39.8 Å². The second kappa shape index (κ2) is 8.11. The average Bonchev–Trinajstić information content (AvgIpc) is 3.38. The van der Waals surface area contributed by atoms with E-state index in [9.17, 15) is 0 Å². The fraction of sp³-hybridized carbons (Fsp3) is 0.161. The molecule has 3 nitrogen and oxygen atoms in total. The number of nitrogens with zero attached hydrogens (tertiary/aromatic N) is 1. The maximum atomic E-state index is 6.77. The second-order valence-corrected chi connectivity index (χ2v) is 8.98. The zero-order chi connectivity index (χ0) is 23.2. The van der Waals surface area contributed by atoms with E-state index in [1.165, 1.54) is 22.5 Å². The summed E-state index contributed by atoms with van der Waals surface area (Å²) < 4.78 is 8.57. The van der Waals surface area contributed by atoms with Crippen LogP contribution in [-0.2, 0) is 6.42 Å². The Bertz CT molecular complexity index is 1610. The van der Waals surface area contributed by atoms with Crippen LogP contribution in [0.4, 0.5) is 5.69 Å². The minimum absolute atomic E-state index is 0.769. The number of allylic oxidation sites excluding steroid dienone is 2. The third-order valence-electron chi connectivity index (χ3n) is 6.96. The van der Waals surface area contributed by atoms with Crippen molar-refractivity contribution in [3.8, 4) is 16.8 Å². The summed E-state index contributed by atoms with van der Waals surface area (Å²) in [6, 6.07) is 20.8. The number of fused-ring (bicyclic) bond motifs is 4. The van der Waals surface area contributed by atoms with Crippen LogP contribution in [0, 0.1) is 6.92 Å². The van der Waals surface area contributed by atoms with Crippen molar-refractivity contribution < 1.29 is 4.42 Å². The van der Waals surface area contributed by atoms with E-state index in [2.05, 4.69) is 79.1 Å².